The van der Waals surface area contributed by atoms with Gasteiger partial charge in [0.15, 0.2) is 18.1 Å². The summed E-state index contributed by atoms with van der Waals surface area (Å²) in [5.41, 5.74) is 5.02. The minimum absolute atomic E-state index is 0.0281. The molecule has 0 saturated heterocycles. The molecule has 2 amide bonds. The molecule has 2 N–H and O–H groups in total. The van der Waals surface area contributed by atoms with Gasteiger partial charge < -0.3 is 18.6 Å². The monoisotopic (exact) mass is 428 g/mol. The van der Waals surface area contributed by atoms with Crippen molar-refractivity contribution in [1.82, 2.24) is 10.9 Å². The van der Waals surface area contributed by atoms with Crippen LogP contribution in [0.15, 0.2) is 46.9 Å². The molecule has 0 bridgehead atoms. The molecule has 160 valence electrons. The Kier molecular flexibility index (Phi) is 5.44. The topological polar surface area (TPSA) is 116 Å². The van der Waals surface area contributed by atoms with Crippen LogP contribution < -0.4 is 20.3 Å². The number of carbonyl (C=O) groups is 3. The summed E-state index contributed by atoms with van der Waals surface area (Å²) in [6, 6.07) is 10.7. The number of benzene rings is 2. The lowest BCUT2D eigenvalue weighted by Gasteiger charge is -2.25. The molecule has 9 nitrogen and oxygen atoms in total. The zero-order valence-electron chi connectivity index (χ0n) is 16.3. The molecule has 1 aliphatic heterocycles. The molecule has 2 heterocycles. The van der Waals surface area contributed by atoms with E-state index in [0.717, 1.165) is 0 Å². The highest BCUT2D eigenvalue weighted by molar-refractivity contribution is 5.96. The van der Waals surface area contributed by atoms with Gasteiger partial charge in [-0.3, -0.25) is 20.4 Å². The molecule has 0 fully saturated rings. The van der Waals surface area contributed by atoms with E-state index in [1.54, 1.807) is 31.2 Å². The summed E-state index contributed by atoms with van der Waals surface area (Å²) in [5, 5.41) is 0.430. The molecule has 1 aliphatic rings. The fourth-order valence-electron chi connectivity index (χ4n) is 2.98. The highest BCUT2D eigenvalue weighted by Crippen LogP contribution is 2.30. The van der Waals surface area contributed by atoms with E-state index in [0.29, 0.717) is 28.0 Å². The van der Waals surface area contributed by atoms with E-state index in [1.165, 1.54) is 18.2 Å². The first-order valence-corrected chi connectivity index (χ1v) is 9.25. The van der Waals surface area contributed by atoms with E-state index >= 15 is 0 Å². The fourth-order valence-corrected chi connectivity index (χ4v) is 2.98. The molecule has 0 radical (unpaired) electrons. The Hall–Kier alpha value is -4.08. The molecule has 10 heteroatoms. The highest BCUT2D eigenvalue weighted by Gasteiger charge is 2.27. The number of amides is 2. The number of para-hydroxylation sites is 2. The average molecular weight is 428 g/mol. The highest BCUT2D eigenvalue weighted by atomic mass is 19.1. The van der Waals surface area contributed by atoms with Gasteiger partial charge in [-0.25, -0.2) is 9.18 Å². The number of esters is 1. The maximum absolute atomic E-state index is 13.4. The van der Waals surface area contributed by atoms with Crippen LogP contribution in [0.4, 0.5) is 4.39 Å². The first-order chi connectivity index (χ1) is 14.9. The van der Waals surface area contributed by atoms with Gasteiger partial charge >= 0.3 is 5.97 Å². The van der Waals surface area contributed by atoms with Crippen LogP contribution >= 0.6 is 0 Å². The second-order valence-corrected chi connectivity index (χ2v) is 6.67. The molecule has 3 aromatic rings. The predicted molar refractivity (Wildman–Crippen MR) is 104 cm³/mol. The minimum atomic E-state index is -0.962. The lowest BCUT2D eigenvalue weighted by molar-refractivity contribution is -0.135. The lowest BCUT2D eigenvalue weighted by atomic mass is 10.1. The van der Waals surface area contributed by atoms with Crippen molar-refractivity contribution in [3.63, 3.8) is 0 Å². The van der Waals surface area contributed by atoms with Crippen molar-refractivity contribution in [1.29, 1.82) is 0 Å². The lowest BCUT2D eigenvalue weighted by Crippen LogP contribution is -2.51. The minimum Gasteiger partial charge on any atom is -0.485 e. The molecular formula is C21H17FN2O7. The van der Waals surface area contributed by atoms with Crippen LogP contribution in [-0.4, -0.2) is 37.1 Å². The Morgan fingerprint density at radius 3 is 2.71 bits per heavy atom. The summed E-state index contributed by atoms with van der Waals surface area (Å²) in [7, 11) is 0. The summed E-state index contributed by atoms with van der Waals surface area (Å²) in [5.74, 6) is -1.98. The summed E-state index contributed by atoms with van der Waals surface area (Å²) in [6.45, 7) is 0.876. The van der Waals surface area contributed by atoms with Gasteiger partial charge in [0.05, 0.1) is 0 Å². The number of hydrogen-bond donors (Lipinski definition) is 2. The number of halogens is 1. The van der Waals surface area contributed by atoms with Crippen molar-refractivity contribution in [2.24, 2.45) is 0 Å². The van der Waals surface area contributed by atoms with Gasteiger partial charge in [-0.05, 0) is 37.3 Å². The number of fused-ring (bicyclic) bond motifs is 2. The van der Waals surface area contributed by atoms with Gasteiger partial charge in [-0.15, -0.1) is 0 Å². The Balaban J connectivity index is 1.27. The van der Waals surface area contributed by atoms with Crippen LogP contribution in [0.2, 0.25) is 0 Å². The third kappa shape index (κ3) is 4.27. The van der Waals surface area contributed by atoms with Crippen LogP contribution in [0.25, 0.3) is 11.0 Å². The average Bonchev–Trinajstić information content (AvgIpc) is 3.11. The van der Waals surface area contributed by atoms with Gasteiger partial charge in [-0.2, -0.15) is 0 Å². The van der Waals surface area contributed by atoms with Crippen LogP contribution in [0.5, 0.6) is 11.5 Å². The van der Waals surface area contributed by atoms with E-state index < -0.39 is 36.3 Å². The standard InChI is InChI=1S/C21H17FN2O7/c1-11-13-8-12(22)6-7-14(13)31-19(11)21(27)29-10-18(25)23-24-20(26)17-9-28-15-4-2-3-5-16(15)30-17/h2-8,17H,9-10H2,1H3,(H,23,25)(H,24,26). The number of aryl methyl sites for hydroxylation is 1. The van der Waals surface area contributed by atoms with E-state index in [4.69, 9.17) is 18.6 Å². The number of carbonyl (C=O) groups excluding carboxylic acids is 3. The quantitative estimate of drug-likeness (QED) is 0.482. The van der Waals surface area contributed by atoms with Gasteiger partial charge in [0.2, 0.25) is 11.9 Å². The summed E-state index contributed by atoms with van der Waals surface area (Å²) in [4.78, 5) is 36.3. The summed E-state index contributed by atoms with van der Waals surface area (Å²) < 4.78 is 34.6. The Bertz CT molecular complexity index is 1170. The number of hydrogen-bond acceptors (Lipinski definition) is 7. The smallest absolute Gasteiger partial charge is 0.375 e. The van der Waals surface area contributed by atoms with Crippen molar-refractivity contribution in [3.8, 4) is 11.5 Å². The fraction of sp³-hybridized carbons (Fsp3) is 0.190. The van der Waals surface area contributed by atoms with Gasteiger partial charge in [0.25, 0.3) is 11.8 Å². The second-order valence-electron chi connectivity index (χ2n) is 6.67. The summed E-state index contributed by atoms with van der Waals surface area (Å²) in [6.07, 6.45) is -0.962. The van der Waals surface area contributed by atoms with Gasteiger partial charge in [0, 0.05) is 10.9 Å². The third-order valence-electron chi connectivity index (χ3n) is 4.54. The Morgan fingerprint density at radius 1 is 1.13 bits per heavy atom. The van der Waals surface area contributed by atoms with Gasteiger partial charge in [0.1, 0.15) is 18.0 Å². The van der Waals surface area contributed by atoms with E-state index in [9.17, 15) is 18.8 Å². The third-order valence-corrected chi connectivity index (χ3v) is 4.54. The first-order valence-electron chi connectivity index (χ1n) is 9.25. The molecule has 4 rings (SSSR count). The number of ether oxygens (including phenoxy) is 3. The molecule has 1 unspecified atom stereocenters. The van der Waals surface area contributed by atoms with Gasteiger partial charge in [-0.1, -0.05) is 12.1 Å². The van der Waals surface area contributed by atoms with Crippen LogP contribution in [0, 0.1) is 12.7 Å². The van der Waals surface area contributed by atoms with E-state index in [-0.39, 0.29) is 12.4 Å². The summed E-state index contributed by atoms with van der Waals surface area (Å²) >= 11 is 0. The Labute approximate surface area is 175 Å². The van der Waals surface area contributed by atoms with Crippen molar-refractivity contribution in [2.45, 2.75) is 13.0 Å². The largest absolute Gasteiger partial charge is 0.485 e. The van der Waals surface area contributed by atoms with Crippen LogP contribution in [0.3, 0.4) is 0 Å². The maximum Gasteiger partial charge on any atom is 0.375 e. The molecule has 0 aliphatic carbocycles. The number of rotatable bonds is 4. The predicted octanol–water partition coefficient (Wildman–Crippen LogP) is 2.02. The van der Waals surface area contributed by atoms with Crippen LogP contribution in [-0.2, 0) is 14.3 Å². The SMILES string of the molecule is Cc1c(C(=O)OCC(=O)NNC(=O)C2COc3ccccc3O2)oc2ccc(F)cc12. The molecule has 1 atom stereocenters. The van der Waals surface area contributed by atoms with Crippen LogP contribution in [0.1, 0.15) is 16.1 Å². The second kappa shape index (κ2) is 8.34. The molecule has 1 aromatic heterocycles. The van der Waals surface area contributed by atoms with Crippen molar-refractivity contribution < 1.29 is 37.4 Å². The van der Waals surface area contributed by atoms with Crippen molar-refractivity contribution in [2.75, 3.05) is 13.2 Å². The normalized spacial score (nSPS) is 14.7. The zero-order valence-corrected chi connectivity index (χ0v) is 16.3. The molecule has 2 aromatic carbocycles. The van der Waals surface area contributed by atoms with Crippen molar-refractivity contribution in [3.05, 3.63) is 59.6 Å². The van der Waals surface area contributed by atoms with E-state index in [1.807, 2.05) is 0 Å². The number of furan rings is 1. The molecular weight excluding hydrogens is 411 g/mol. The molecule has 0 saturated carbocycles. The zero-order chi connectivity index (χ0) is 22.0. The molecule has 0 spiro atoms. The first kappa shape index (κ1) is 20.2. The number of nitrogens with one attached hydrogen (secondary N) is 2. The van der Waals surface area contributed by atoms with Crippen molar-refractivity contribution >= 4 is 28.8 Å². The maximum atomic E-state index is 13.4. The molecule has 31 heavy (non-hydrogen) atoms. The number of hydrazine groups is 1. The van der Waals surface area contributed by atoms with E-state index in [2.05, 4.69) is 10.9 Å². The Morgan fingerprint density at radius 2 is 1.90 bits per heavy atom.